The molecule has 2 N–H and O–H groups in total. The molecule has 102 valence electrons. The fourth-order valence-corrected chi connectivity index (χ4v) is 2.55. The molecule has 0 saturated carbocycles. The average molecular weight is 297 g/mol. The van der Waals surface area contributed by atoms with Crippen LogP contribution in [0.4, 0.5) is 0 Å². The van der Waals surface area contributed by atoms with Gasteiger partial charge in [-0.3, -0.25) is 4.79 Å². The second-order valence-electron chi connectivity index (χ2n) is 5.22. The predicted octanol–water partition coefficient (Wildman–Crippen LogP) is 2.87. The van der Waals surface area contributed by atoms with Crippen molar-refractivity contribution in [3.05, 3.63) is 34.9 Å². The molecule has 0 spiro atoms. The molecule has 0 aromatic heterocycles. The number of nitrogens with two attached hydrogens (primary N) is 1. The summed E-state index contributed by atoms with van der Waals surface area (Å²) in [7, 11) is 0. The Balaban J connectivity index is 2.04. The SMILES string of the molecule is CC1(C(N)=S)CCN(C(=O)c2ccc(Cl)cc2)CC1. The Morgan fingerprint density at radius 3 is 2.32 bits per heavy atom. The Morgan fingerprint density at radius 2 is 1.84 bits per heavy atom. The van der Waals surface area contributed by atoms with Crippen LogP contribution in [0.2, 0.25) is 5.02 Å². The highest BCUT2D eigenvalue weighted by Crippen LogP contribution is 2.31. The normalized spacial score (nSPS) is 18.1. The van der Waals surface area contributed by atoms with Crippen LogP contribution in [0.1, 0.15) is 30.1 Å². The van der Waals surface area contributed by atoms with E-state index in [1.165, 1.54) is 0 Å². The summed E-state index contributed by atoms with van der Waals surface area (Å²) in [5, 5.41) is 0.635. The smallest absolute Gasteiger partial charge is 0.253 e. The fraction of sp³-hybridized carbons (Fsp3) is 0.429. The molecule has 1 aliphatic rings. The molecular weight excluding hydrogens is 280 g/mol. The van der Waals surface area contributed by atoms with Crippen LogP contribution in [-0.2, 0) is 0 Å². The molecule has 1 fully saturated rings. The van der Waals surface area contributed by atoms with Crippen LogP contribution in [0.5, 0.6) is 0 Å². The van der Waals surface area contributed by atoms with Crippen molar-refractivity contribution >= 4 is 34.7 Å². The van der Waals surface area contributed by atoms with E-state index in [9.17, 15) is 4.79 Å². The maximum absolute atomic E-state index is 12.3. The molecule has 1 saturated heterocycles. The van der Waals surface area contributed by atoms with Crippen molar-refractivity contribution in [1.29, 1.82) is 0 Å². The molecule has 2 rings (SSSR count). The highest BCUT2D eigenvalue weighted by atomic mass is 35.5. The van der Waals surface area contributed by atoms with Crippen LogP contribution in [-0.4, -0.2) is 28.9 Å². The Labute approximate surface area is 123 Å². The highest BCUT2D eigenvalue weighted by molar-refractivity contribution is 7.80. The minimum absolute atomic E-state index is 0.0432. The van der Waals surface area contributed by atoms with Crippen molar-refractivity contribution in [1.82, 2.24) is 4.90 Å². The second-order valence-corrected chi connectivity index (χ2v) is 6.10. The summed E-state index contributed by atoms with van der Waals surface area (Å²) in [6, 6.07) is 6.98. The van der Waals surface area contributed by atoms with Gasteiger partial charge in [0, 0.05) is 29.1 Å². The van der Waals surface area contributed by atoms with Crippen LogP contribution in [0.3, 0.4) is 0 Å². The maximum Gasteiger partial charge on any atom is 0.253 e. The molecule has 1 amide bonds. The molecule has 1 aromatic rings. The van der Waals surface area contributed by atoms with Gasteiger partial charge in [-0.25, -0.2) is 0 Å². The zero-order valence-electron chi connectivity index (χ0n) is 10.9. The lowest BCUT2D eigenvalue weighted by Gasteiger charge is -2.38. The molecule has 1 heterocycles. The minimum atomic E-state index is -0.119. The lowest BCUT2D eigenvalue weighted by atomic mass is 9.80. The summed E-state index contributed by atoms with van der Waals surface area (Å²) < 4.78 is 0. The van der Waals surface area contributed by atoms with Crippen LogP contribution < -0.4 is 5.73 Å². The maximum atomic E-state index is 12.3. The summed E-state index contributed by atoms with van der Waals surface area (Å²) >= 11 is 10.9. The van der Waals surface area contributed by atoms with E-state index in [-0.39, 0.29) is 11.3 Å². The first-order valence-electron chi connectivity index (χ1n) is 6.27. The number of halogens is 1. The number of benzene rings is 1. The zero-order chi connectivity index (χ0) is 14.0. The third kappa shape index (κ3) is 3.07. The van der Waals surface area contributed by atoms with Gasteiger partial charge in [-0.15, -0.1) is 0 Å². The van der Waals surface area contributed by atoms with Gasteiger partial charge in [-0.1, -0.05) is 30.7 Å². The molecule has 0 atom stereocenters. The number of rotatable bonds is 2. The Kier molecular flexibility index (Phi) is 4.11. The number of carbonyl (C=O) groups excluding carboxylic acids is 1. The Bertz CT molecular complexity index is 493. The van der Waals surface area contributed by atoms with Crippen LogP contribution >= 0.6 is 23.8 Å². The Morgan fingerprint density at radius 1 is 1.32 bits per heavy atom. The highest BCUT2D eigenvalue weighted by Gasteiger charge is 2.34. The first-order valence-corrected chi connectivity index (χ1v) is 7.06. The van der Waals surface area contributed by atoms with E-state index in [0.29, 0.717) is 28.7 Å². The van der Waals surface area contributed by atoms with E-state index in [0.717, 1.165) is 12.8 Å². The number of hydrogen-bond acceptors (Lipinski definition) is 2. The van der Waals surface area contributed by atoms with Gasteiger partial charge >= 0.3 is 0 Å². The fourth-order valence-electron chi connectivity index (χ4n) is 2.22. The number of hydrogen-bond donors (Lipinski definition) is 1. The number of carbonyl (C=O) groups is 1. The van der Waals surface area contributed by atoms with E-state index >= 15 is 0 Å². The average Bonchev–Trinajstić information content (AvgIpc) is 2.39. The second kappa shape index (κ2) is 5.47. The molecule has 5 heteroatoms. The summed E-state index contributed by atoms with van der Waals surface area (Å²) in [6.07, 6.45) is 1.64. The van der Waals surface area contributed by atoms with Crippen molar-refractivity contribution in [3.63, 3.8) is 0 Å². The van der Waals surface area contributed by atoms with E-state index in [4.69, 9.17) is 29.6 Å². The molecule has 0 bridgehead atoms. The summed E-state index contributed by atoms with van der Waals surface area (Å²) in [5.41, 5.74) is 6.31. The lowest BCUT2D eigenvalue weighted by molar-refractivity contribution is 0.0670. The first kappa shape index (κ1) is 14.3. The predicted molar refractivity (Wildman–Crippen MR) is 81.5 cm³/mol. The van der Waals surface area contributed by atoms with Crippen LogP contribution in [0.15, 0.2) is 24.3 Å². The quantitative estimate of drug-likeness (QED) is 0.854. The van der Waals surface area contributed by atoms with Crippen molar-refractivity contribution in [2.45, 2.75) is 19.8 Å². The number of piperidine rings is 1. The molecule has 1 aromatic carbocycles. The van der Waals surface area contributed by atoms with E-state index < -0.39 is 0 Å². The van der Waals surface area contributed by atoms with Gasteiger partial charge in [0.2, 0.25) is 0 Å². The number of likely N-dealkylation sites (tertiary alicyclic amines) is 1. The van der Waals surface area contributed by atoms with E-state index in [2.05, 4.69) is 6.92 Å². The van der Waals surface area contributed by atoms with Crippen molar-refractivity contribution in [2.75, 3.05) is 13.1 Å². The molecule has 0 unspecified atom stereocenters. The van der Waals surface area contributed by atoms with Gasteiger partial charge in [0.1, 0.15) is 0 Å². The number of nitrogens with zero attached hydrogens (tertiary/aromatic N) is 1. The van der Waals surface area contributed by atoms with Gasteiger partial charge in [-0.2, -0.15) is 0 Å². The van der Waals surface area contributed by atoms with Crippen molar-refractivity contribution in [2.24, 2.45) is 11.1 Å². The van der Waals surface area contributed by atoms with Gasteiger partial charge in [-0.05, 0) is 37.1 Å². The zero-order valence-corrected chi connectivity index (χ0v) is 12.4. The standard InChI is InChI=1S/C14H17ClN2OS/c1-14(13(16)19)6-8-17(9-7-14)12(18)10-2-4-11(15)5-3-10/h2-5H,6-9H2,1H3,(H2,16,19). The third-order valence-corrected chi connectivity index (χ3v) is 4.59. The van der Waals surface area contributed by atoms with Crippen molar-refractivity contribution in [3.8, 4) is 0 Å². The van der Waals surface area contributed by atoms with Gasteiger partial charge < -0.3 is 10.6 Å². The number of amides is 1. The molecule has 19 heavy (non-hydrogen) atoms. The molecule has 1 aliphatic heterocycles. The molecule has 0 aliphatic carbocycles. The largest absolute Gasteiger partial charge is 0.393 e. The van der Waals surface area contributed by atoms with E-state index in [1.54, 1.807) is 24.3 Å². The van der Waals surface area contributed by atoms with E-state index in [1.807, 2.05) is 4.90 Å². The van der Waals surface area contributed by atoms with Gasteiger partial charge in [0.05, 0.1) is 4.99 Å². The first-order chi connectivity index (χ1) is 8.92. The molecule has 0 radical (unpaired) electrons. The summed E-state index contributed by atoms with van der Waals surface area (Å²) in [5.74, 6) is 0.0432. The van der Waals surface area contributed by atoms with Crippen LogP contribution in [0, 0.1) is 5.41 Å². The molecular formula is C14H17ClN2OS. The van der Waals surface area contributed by atoms with Gasteiger partial charge in [0.15, 0.2) is 0 Å². The van der Waals surface area contributed by atoms with Gasteiger partial charge in [0.25, 0.3) is 5.91 Å². The molecule has 3 nitrogen and oxygen atoms in total. The Hall–Kier alpha value is -1.13. The minimum Gasteiger partial charge on any atom is -0.393 e. The monoisotopic (exact) mass is 296 g/mol. The lowest BCUT2D eigenvalue weighted by Crippen LogP contribution is -2.46. The topological polar surface area (TPSA) is 46.3 Å². The summed E-state index contributed by atoms with van der Waals surface area (Å²) in [6.45, 7) is 3.45. The summed E-state index contributed by atoms with van der Waals surface area (Å²) in [4.78, 5) is 14.7. The van der Waals surface area contributed by atoms with Crippen LogP contribution in [0.25, 0.3) is 0 Å². The van der Waals surface area contributed by atoms with Crippen molar-refractivity contribution < 1.29 is 4.79 Å². The number of thiocarbonyl (C=S) groups is 1. The third-order valence-electron chi connectivity index (χ3n) is 3.84.